The molecular weight excluding hydrogens is 364 g/mol. The van der Waals surface area contributed by atoms with Crippen LogP contribution < -0.4 is 10.0 Å². The Bertz CT molecular complexity index is 1140. The van der Waals surface area contributed by atoms with E-state index in [1.54, 1.807) is 12.1 Å². The Morgan fingerprint density at radius 1 is 1.12 bits per heavy atom. The molecule has 4 rings (SSSR count). The molecule has 0 atom stereocenters. The molecule has 11 heteroatoms. The van der Waals surface area contributed by atoms with Crippen LogP contribution in [-0.4, -0.2) is 41.8 Å². The lowest BCUT2D eigenvalue weighted by Crippen LogP contribution is -2.29. The second-order valence-corrected chi connectivity index (χ2v) is 7.70. The Hall–Kier alpha value is -2.63. The first-order chi connectivity index (χ1) is 12.1. The lowest BCUT2D eigenvalue weighted by Gasteiger charge is -2.09. The number of fused-ring (bicyclic) bond motifs is 2. The van der Waals surface area contributed by atoms with Gasteiger partial charge in [0.25, 0.3) is 0 Å². The van der Waals surface area contributed by atoms with Gasteiger partial charge in [-0.15, -0.1) is 11.3 Å². The first-order valence-electron chi connectivity index (χ1n) is 7.28. The average Bonchev–Trinajstić information content (AvgIpc) is 3.27. The largest absolute Gasteiger partial charge is 0.368 e. The lowest BCUT2D eigenvalue weighted by atomic mass is 10.3. The fraction of sp³-hybridized carbons (Fsp3) is 0.143. The molecular formula is C14H12N6O3S2. The summed E-state index contributed by atoms with van der Waals surface area (Å²) in [7, 11) is -3.73. The van der Waals surface area contributed by atoms with E-state index in [1.165, 1.54) is 23.7 Å². The number of hydrogen-bond acceptors (Lipinski definition) is 9. The summed E-state index contributed by atoms with van der Waals surface area (Å²) >= 11 is 1.52. The monoisotopic (exact) mass is 376 g/mol. The molecule has 0 radical (unpaired) electrons. The first kappa shape index (κ1) is 15.9. The van der Waals surface area contributed by atoms with Gasteiger partial charge in [0.2, 0.25) is 10.0 Å². The highest BCUT2D eigenvalue weighted by Gasteiger charge is 2.19. The summed E-state index contributed by atoms with van der Waals surface area (Å²) in [5.74, 6) is 0.674. The van der Waals surface area contributed by atoms with Crippen LogP contribution in [0.4, 0.5) is 5.82 Å². The third kappa shape index (κ3) is 3.04. The molecule has 2 N–H and O–H groups in total. The van der Waals surface area contributed by atoms with Gasteiger partial charge < -0.3 is 5.32 Å². The molecule has 0 aliphatic carbocycles. The highest BCUT2D eigenvalue weighted by molar-refractivity contribution is 7.89. The zero-order valence-corrected chi connectivity index (χ0v) is 14.3. The zero-order chi connectivity index (χ0) is 17.3. The van der Waals surface area contributed by atoms with Crippen molar-refractivity contribution in [2.45, 2.75) is 4.90 Å². The molecule has 0 aliphatic heterocycles. The number of nitrogens with zero attached hydrogens (tertiary/aromatic N) is 4. The summed E-state index contributed by atoms with van der Waals surface area (Å²) in [6.07, 6.45) is 1.48. The Kier molecular flexibility index (Phi) is 4.03. The van der Waals surface area contributed by atoms with Crippen LogP contribution in [0.15, 0.2) is 45.5 Å². The van der Waals surface area contributed by atoms with Crippen LogP contribution in [-0.2, 0) is 10.0 Å². The second-order valence-electron chi connectivity index (χ2n) is 5.07. The van der Waals surface area contributed by atoms with Crippen molar-refractivity contribution in [1.29, 1.82) is 0 Å². The predicted molar refractivity (Wildman–Crippen MR) is 92.9 cm³/mol. The van der Waals surface area contributed by atoms with Crippen molar-refractivity contribution in [2.24, 2.45) is 0 Å². The van der Waals surface area contributed by atoms with Gasteiger partial charge in [0, 0.05) is 13.1 Å². The van der Waals surface area contributed by atoms with Crippen molar-refractivity contribution in [3.05, 3.63) is 36.0 Å². The number of aromatic nitrogens is 4. The van der Waals surface area contributed by atoms with Crippen molar-refractivity contribution < 1.29 is 13.0 Å². The minimum Gasteiger partial charge on any atom is -0.368 e. The average molecular weight is 376 g/mol. The fourth-order valence-electron chi connectivity index (χ4n) is 2.37. The molecule has 1 aromatic carbocycles. The number of nitrogens with one attached hydrogen (secondary N) is 2. The molecule has 4 aromatic rings. The summed E-state index contributed by atoms with van der Waals surface area (Å²) in [6.45, 7) is 0.549. The van der Waals surface area contributed by atoms with Gasteiger partial charge in [-0.1, -0.05) is 6.07 Å². The fourth-order valence-corrected chi connectivity index (χ4v) is 4.29. The van der Waals surface area contributed by atoms with E-state index in [0.29, 0.717) is 17.9 Å². The van der Waals surface area contributed by atoms with Crippen LogP contribution in [0.25, 0.3) is 21.3 Å². The van der Waals surface area contributed by atoms with E-state index in [9.17, 15) is 8.42 Å². The topological polar surface area (TPSA) is 123 Å². The number of thiophene rings is 1. The van der Waals surface area contributed by atoms with Gasteiger partial charge in [-0.3, -0.25) is 0 Å². The molecule has 3 aromatic heterocycles. The Morgan fingerprint density at radius 3 is 2.96 bits per heavy atom. The molecule has 0 unspecified atom stereocenters. The van der Waals surface area contributed by atoms with Crippen LogP contribution in [0.1, 0.15) is 0 Å². The quantitative estimate of drug-likeness (QED) is 0.487. The smallest absolute Gasteiger partial charge is 0.242 e. The van der Waals surface area contributed by atoms with E-state index in [1.807, 2.05) is 11.4 Å². The van der Waals surface area contributed by atoms with Gasteiger partial charge in [-0.05, 0) is 33.9 Å². The van der Waals surface area contributed by atoms with Gasteiger partial charge in [0.05, 0.1) is 5.39 Å². The molecule has 0 saturated carbocycles. The van der Waals surface area contributed by atoms with E-state index >= 15 is 0 Å². The van der Waals surface area contributed by atoms with Crippen molar-refractivity contribution in [2.75, 3.05) is 18.4 Å². The highest BCUT2D eigenvalue weighted by atomic mass is 32.2. The number of hydrogen-bond donors (Lipinski definition) is 2. The van der Waals surface area contributed by atoms with Gasteiger partial charge in [-0.25, -0.2) is 27.7 Å². The van der Waals surface area contributed by atoms with Gasteiger partial charge in [0.15, 0.2) is 5.52 Å². The summed E-state index contributed by atoms with van der Waals surface area (Å²) in [5.41, 5.74) is 0.598. The molecule has 3 heterocycles. The second kappa shape index (κ2) is 6.35. The van der Waals surface area contributed by atoms with Crippen LogP contribution in [0.5, 0.6) is 0 Å². The summed E-state index contributed by atoms with van der Waals surface area (Å²) in [4.78, 5) is 9.26. The first-order valence-corrected chi connectivity index (χ1v) is 9.64. The van der Waals surface area contributed by atoms with Crippen molar-refractivity contribution in [3.8, 4) is 0 Å². The molecule has 0 saturated heterocycles. The maximum atomic E-state index is 12.5. The number of sulfonamides is 1. The Labute approximate surface area is 146 Å². The van der Waals surface area contributed by atoms with E-state index in [0.717, 1.165) is 10.2 Å². The lowest BCUT2D eigenvalue weighted by molar-refractivity contribution is 0.315. The van der Waals surface area contributed by atoms with Gasteiger partial charge in [0.1, 0.15) is 27.4 Å². The third-order valence-corrected chi connectivity index (χ3v) is 5.82. The standard InChI is InChI=1S/C14H12N6O3S2/c21-25(22,11-3-1-2-10-12(11)20-23-19-10)18-6-5-15-13-9-4-7-24-14(9)17-8-16-13/h1-4,7-8,18H,5-6H2,(H,15,16,17). The molecule has 9 nitrogen and oxygen atoms in total. The van der Waals surface area contributed by atoms with E-state index in [2.05, 4.69) is 34.9 Å². The van der Waals surface area contributed by atoms with E-state index in [-0.39, 0.29) is 17.0 Å². The minimum absolute atomic E-state index is 0.0357. The SMILES string of the molecule is O=S(=O)(NCCNc1ncnc2sccc12)c1cccc2nonc12. The molecule has 0 fully saturated rings. The molecule has 0 bridgehead atoms. The Morgan fingerprint density at radius 2 is 2.04 bits per heavy atom. The maximum absolute atomic E-state index is 12.5. The van der Waals surface area contributed by atoms with Gasteiger partial charge in [-0.2, -0.15) is 0 Å². The number of rotatable bonds is 6. The third-order valence-electron chi connectivity index (χ3n) is 3.51. The highest BCUT2D eigenvalue weighted by Crippen LogP contribution is 2.23. The van der Waals surface area contributed by atoms with Crippen molar-refractivity contribution in [3.63, 3.8) is 0 Å². The summed E-state index contributed by atoms with van der Waals surface area (Å²) < 4.78 is 32.0. The Balaban J connectivity index is 1.44. The van der Waals surface area contributed by atoms with Crippen molar-refractivity contribution >= 4 is 48.4 Å². The molecule has 0 amide bonds. The van der Waals surface area contributed by atoms with Crippen LogP contribution in [0.2, 0.25) is 0 Å². The van der Waals surface area contributed by atoms with Gasteiger partial charge >= 0.3 is 0 Å². The molecule has 0 aliphatic rings. The van der Waals surface area contributed by atoms with Crippen molar-refractivity contribution in [1.82, 2.24) is 25.0 Å². The van der Waals surface area contributed by atoms with E-state index in [4.69, 9.17) is 0 Å². The van der Waals surface area contributed by atoms with Crippen LogP contribution in [0, 0.1) is 0 Å². The molecule has 0 spiro atoms. The minimum atomic E-state index is -3.73. The normalized spacial score (nSPS) is 12.0. The zero-order valence-electron chi connectivity index (χ0n) is 12.7. The summed E-state index contributed by atoms with van der Waals surface area (Å²) in [6, 6.07) is 6.60. The van der Waals surface area contributed by atoms with E-state index < -0.39 is 10.0 Å². The maximum Gasteiger partial charge on any atom is 0.242 e. The number of anilines is 1. The predicted octanol–water partition coefficient (Wildman–Crippen LogP) is 1.62. The molecule has 128 valence electrons. The van der Waals surface area contributed by atoms with Crippen LogP contribution in [0.3, 0.4) is 0 Å². The summed E-state index contributed by atoms with van der Waals surface area (Å²) in [5, 5.41) is 13.3. The molecule has 25 heavy (non-hydrogen) atoms. The number of benzene rings is 1. The van der Waals surface area contributed by atoms with Crippen LogP contribution >= 0.6 is 11.3 Å².